The van der Waals surface area contributed by atoms with Gasteiger partial charge in [-0.15, -0.1) is 0 Å². The Hall–Kier alpha value is -1.25. The lowest BCUT2D eigenvalue weighted by Crippen LogP contribution is -2.28. The summed E-state index contributed by atoms with van der Waals surface area (Å²) in [5, 5.41) is 1.58. The van der Waals surface area contributed by atoms with Crippen LogP contribution in [0.15, 0.2) is 16.1 Å². The summed E-state index contributed by atoms with van der Waals surface area (Å²) < 4.78 is 13.1. The highest BCUT2D eigenvalue weighted by molar-refractivity contribution is 5.22. The summed E-state index contributed by atoms with van der Waals surface area (Å²) in [7, 11) is 0. The van der Waals surface area contributed by atoms with E-state index in [0.717, 1.165) is 16.3 Å². The molecule has 0 atom stereocenters. The van der Waals surface area contributed by atoms with Crippen molar-refractivity contribution in [1.29, 1.82) is 0 Å². The molecule has 12 heavy (non-hydrogen) atoms. The molecule has 3 heteroatoms. The van der Waals surface area contributed by atoms with Gasteiger partial charge in [0.05, 0.1) is 10.7 Å². The monoisotopic (exact) mass is 164 g/mol. The first-order valence-corrected chi connectivity index (χ1v) is 3.85. The van der Waals surface area contributed by atoms with Gasteiger partial charge in [-0.05, 0) is 25.5 Å². The summed E-state index contributed by atoms with van der Waals surface area (Å²) in [5.41, 5.74) is 1.48. The van der Waals surface area contributed by atoms with E-state index in [0.29, 0.717) is 12.2 Å². The number of nitrogens with zero attached hydrogens (tertiary/aromatic N) is 2. The van der Waals surface area contributed by atoms with E-state index in [-0.39, 0.29) is 5.82 Å². The Morgan fingerprint density at radius 3 is 2.67 bits per heavy atom. The average Bonchev–Trinajstić information content (AvgIpc) is 2.48. The second-order valence-electron chi connectivity index (χ2n) is 2.96. The number of hydrogen-bond acceptors (Lipinski definition) is 2. The van der Waals surface area contributed by atoms with Gasteiger partial charge in [0, 0.05) is 5.56 Å². The van der Waals surface area contributed by atoms with Gasteiger partial charge in [0.15, 0.2) is 0 Å². The van der Waals surface area contributed by atoms with Crippen LogP contribution in [0.4, 0.5) is 4.39 Å². The number of aryl methyl sites for hydroxylation is 1. The van der Waals surface area contributed by atoms with Crippen LogP contribution >= 0.6 is 0 Å². The zero-order chi connectivity index (χ0) is 8.72. The minimum atomic E-state index is -0.188. The third-order valence-electron chi connectivity index (χ3n) is 2.11. The molecule has 1 aromatic rings. The number of benzene rings is 1. The normalized spacial score (nSPS) is 13.6. The summed E-state index contributed by atoms with van der Waals surface area (Å²) in [5.74, 6) is -0.188. The predicted octanol–water partition coefficient (Wildman–Crippen LogP) is 0.653. The van der Waals surface area contributed by atoms with Crippen molar-refractivity contribution in [1.82, 2.24) is 0 Å². The molecule has 0 spiro atoms. The lowest BCUT2D eigenvalue weighted by molar-refractivity contribution is 0.613. The molecule has 0 N–H and O–H groups in total. The van der Waals surface area contributed by atoms with Crippen molar-refractivity contribution in [3.8, 4) is 0 Å². The molecule has 2 rings (SSSR count). The Balaban J connectivity index is 2.99. The molecule has 0 saturated carbocycles. The molecular formula is C9H9FN2. The number of hydrogen-bond donors (Lipinski definition) is 0. The second-order valence-corrected chi connectivity index (χ2v) is 2.96. The summed E-state index contributed by atoms with van der Waals surface area (Å²) in [6.07, 6.45) is 0. The molecule has 0 aromatic heterocycles. The Labute approximate surface area is 69.5 Å². The minimum Gasteiger partial charge on any atom is -0.259 e. The third kappa shape index (κ3) is 0.858. The van der Waals surface area contributed by atoms with E-state index in [9.17, 15) is 4.39 Å². The zero-order valence-electron chi connectivity index (χ0n) is 7.06. The molecule has 0 saturated heterocycles. The maximum absolute atomic E-state index is 13.1. The first-order chi connectivity index (χ1) is 5.70. The predicted molar refractivity (Wildman–Crippen MR) is 43.1 cm³/mol. The van der Waals surface area contributed by atoms with Gasteiger partial charge in [0.25, 0.3) is 0 Å². The molecule has 2 nitrogen and oxygen atoms in total. The minimum absolute atomic E-state index is 0.188. The Morgan fingerprint density at radius 2 is 1.92 bits per heavy atom. The molecule has 0 radical (unpaired) electrons. The summed E-state index contributed by atoms with van der Waals surface area (Å²) in [4.78, 5) is 8.28. The summed E-state index contributed by atoms with van der Waals surface area (Å²) >= 11 is 0. The molecule has 0 unspecified atom stereocenters. The van der Waals surface area contributed by atoms with Crippen LogP contribution in [0.25, 0.3) is 0 Å². The SMILES string of the molecule is Cc1cc(F)c(C)c2c1=NCN=2. The van der Waals surface area contributed by atoms with E-state index in [1.807, 2.05) is 6.92 Å². The van der Waals surface area contributed by atoms with E-state index >= 15 is 0 Å². The number of fused-ring (bicyclic) bond motifs is 1. The Morgan fingerprint density at radius 1 is 1.25 bits per heavy atom. The van der Waals surface area contributed by atoms with Crippen LogP contribution in [0.3, 0.4) is 0 Å². The highest BCUT2D eigenvalue weighted by Crippen LogP contribution is 2.01. The van der Waals surface area contributed by atoms with Gasteiger partial charge in [0.2, 0.25) is 0 Å². The fraction of sp³-hybridized carbons (Fsp3) is 0.333. The highest BCUT2D eigenvalue weighted by atomic mass is 19.1. The highest BCUT2D eigenvalue weighted by Gasteiger charge is 2.07. The Bertz CT molecular complexity index is 449. The topological polar surface area (TPSA) is 24.7 Å². The molecular weight excluding hydrogens is 155 g/mol. The van der Waals surface area contributed by atoms with Crippen molar-refractivity contribution in [2.75, 3.05) is 6.67 Å². The molecule has 0 fully saturated rings. The molecule has 1 aromatic carbocycles. The smallest absolute Gasteiger partial charge is 0.130 e. The van der Waals surface area contributed by atoms with E-state index in [1.54, 1.807) is 6.92 Å². The van der Waals surface area contributed by atoms with Crippen molar-refractivity contribution in [3.05, 3.63) is 33.7 Å². The lowest BCUT2D eigenvalue weighted by atomic mass is 10.1. The first-order valence-electron chi connectivity index (χ1n) is 3.85. The fourth-order valence-electron chi connectivity index (χ4n) is 1.41. The molecule has 0 bridgehead atoms. The maximum atomic E-state index is 13.1. The quantitative estimate of drug-likeness (QED) is 0.538. The third-order valence-corrected chi connectivity index (χ3v) is 2.11. The van der Waals surface area contributed by atoms with Gasteiger partial charge >= 0.3 is 0 Å². The standard InChI is InChI=1S/C9H9FN2/c1-5-3-7(10)6(2)9-8(5)11-4-12-9/h3H,4H2,1-2H3. The van der Waals surface area contributed by atoms with Gasteiger partial charge in [-0.2, -0.15) is 0 Å². The number of rotatable bonds is 0. The van der Waals surface area contributed by atoms with E-state index in [2.05, 4.69) is 9.98 Å². The Kier molecular flexibility index (Phi) is 1.46. The molecule has 0 aliphatic carbocycles. The van der Waals surface area contributed by atoms with Crippen LogP contribution in [0.1, 0.15) is 11.1 Å². The molecule has 1 aliphatic rings. The summed E-state index contributed by atoms with van der Waals surface area (Å²) in [6.45, 7) is 4.03. The molecule has 0 amide bonds. The number of halogens is 1. The van der Waals surface area contributed by atoms with Crippen LogP contribution in [-0.2, 0) is 0 Å². The van der Waals surface area contributed by atoms with Gasteiger partial charge in [-0.25, -0.2) is 4.39 Å². The van der Waals surface area contributed by atoms with Crippen LogP contribution in [0, 0.1) is 19.7 Å². The first kappa shape index (κ1) is 7.40. The van der Waals surface area contributed by atoms with Gasteiger partial charge < -0.3 is 0 Å². The van der Waals surface area contributed by atoms with Crippen LogP contribution in [-0.4, -0.2) is 6.67 Å². The largest absolute Gasteiger partial charge is 0.259 e. The lowest BCUT2D eigenvalue weighted by Gasteiger charge is -1.97. The maximum Gasteiger partial charge on any atom is 0.130 e. The van der Waals surface area contributed by atoms with Crippen molar-refractivity contribution in [2.24, 2.45) is 9.98 Å². The van der Waals surface area contributed by atoms with Gasteiger partial charge in [-0.3, -0.25) is 9.98 Å². The van der Waals surface area contributed by atoms with E-state index < -0.39 is 0 Å². The van der Waals surface area contributed by atoms with E-state index in [1.165, 1.54) is 6.07 Å². The van der Waals surface area contributed by atoms with E-state index in [4.69, 9.17) is 0 Å². The molecule has 1 heterocycles. The zero-order valence-corrected chi connectivity index (χ0v) is 7.06. The van der Waals surface area contributed by atoms with Crippen LogP contribution in [0.2, 0.25) is 0 Å². The summed E-state index contributed by atoms with van der Waals surface area (Å²) in [6, 6.07) is 1.51. The molecule has 62 valence electrons. The van der Waals surface area contributed by atoms with Crippen LogP contribution in [0.5, 0.6) is 0 Å². The van der Waals surface area contributed by atoms with Crippen molar-refractivity contribution in [3.63, 3.8) is 0 Å². The average molecular weight is 164 g/mol. The fourth-order valence-corrected chi connectivity index (χ4v) is 1.41. The van der Waals surface area contributed by atoms with Gasteiger partial charge in [0.1, 0.15) is 12.5 Å². The van der Waals surface area contributed by atoms with Crippen molar-refractivity contribution >= 4 is 0 Å². The second kappa shape index (κ2) is 2.37. The van der Waals surface area contributed by atoms with Gasteiger partial charge in [-0.1, -0.05) is 0 Å². The van der Waals surface area contributed by atoms with Crippen molar-refractivity contribution < 1.29 is 4.39 Å². The molecule has 1 aliphatic heterocycles. The van der Waals surface area contributed by atoms with Crippen LogP contribution < -0.4 is 10.7 Å². The van der Waals surface area contributed by atoms with Crippen molar-refractivity contribution in [2.45, 2.75) is 13.8 Å².